The number of likely N-dealkylation sites (N-methyl/N-ethyl adjacent to an activating group) is 1. The summed E-state index contributed by atoms with van der Waals surface area (Å²) in [7, 11) is 0.118. The second kappa shape index (κ2) is 12.7. The zero-order chi connectivity index (χ0) is 27.9. The van der Waals surface area contributed by atoms with Crippen molar-refractivity contribution in [2.45, 2.75) is 24.4 Å². The maximum atomic E-state index is 13.9. The molecule has 3 aromatic carbocycles. The van der Waals surface area contributed by atoms with Gasteiger partial charge in [-0.2, -0.15) is 0 Å². The molecule has 38 heavy (non-hydrogen) atoms. The molecule has 3 aromatic rings. The normalized spacial score (nSPS) is 11.8. The van der Waals surface area contributed by atoms with Crippen molar-refractivity contribution in [1.29, 1.82) is 0 Å². The van der Waals surface area contributed by atoms with Crippen LogP contribution in [0.15, 0.2) is 77.7 Å². The number of para-hydroxylation sites is 2. The van der Waals surface area contributed by atoms with E-state index in [-0.39, 0.29) is 22.9 Å². The topological polar surface area (TPSA) is 105 Å². The highest BCUT2D eigenvalue weighted by atomic mass is 35.5. The van der Waals surface area contributed by atoms with E-state index in [9.17, 15) is 18.0 Å². The van der Waals surface area contributed by atoms with Gasteiger partial charge in [-0.15, -0.1) is 0 Å². The number of hydrogen-bond acceptors (Lipinski definition) is 6. The molecule has 0 radical (unpaired) electrons. The third-order valence-corrected chi connectivity index (χ3v) is 7.94. The zero-order valence-corrected chi connectivity index (χ0v) is 23.1. The van der Waals surface area contributed by atoms with Gasteiger partial charge in [0.05, 0.1) is 24.8 Å². The number of carbonyl (C=O) groups excluding carboxylic acids is 2. The molecule has 0 saturated carbocycles. The maximum Gasteiger partial charge on any atom is 0.264 e. The van der Waals surface area contributed by atoms with E-state index in [4.69, 9.17) is 21.1 Å². The minimum absolute atomic E-state index is 0.0380. The highest BCUT2D eigenvalue weighted by Gasteiger charge is 2.33. The predicted molar refractivity (Wildman–Crippen MR) is 146 cm³/mol. The second-order valence-corrected chi connectivity index (χ2v) is 10.6. The van der Waals surface area contributed by atoms with Gasteiger partial charge in [0.25, 0.3) is 10.0 Å². The third kappa shape index (κ3) is 6.56. The van der Waals surface area contributed by atoms with Gasteiger partial charge in [-0.1, -0.05) is 35.9 Å². The molecule has 1 atom stereocenters. The summed E-state index contributed by atoms with van der Waals surface area (Å²) in [6.07, 6.45) is 0. The number of hydrogen-bond donors (Lipinski definition) is 1. The van der Waals surface area contributed by atoms with Crippen LogP contribution in [0, 0.1) is 0 Å². The van der Waals surface area contributed by atoms with Crippen molar-refractivity contribution in [3.63, 3.8) is 0 Å². The number of nitrogens with zero attached hydrogens (tertiary/aromatic N) is 2. The Morgan fingerprint density at radius 2 is 1.66 bits per heavy atom. The summed E-state index contributed by atoms with van der Waals surface area (Å²) in [5.41, 5.74) is 0.859. The number of sulfonamides is 1. The van der Waals surface area contributed by atoms with Crippen LogP contribution in [-0.4, -0.2) is 59.0 Å². The molecule has 0 fully saturated rings. The van der Waals surface area contributed by atoms with Crippen LogP contribution in [0.25, 0.3) is 0 Å². The van der Waals surface area contributed by atoms with Crippen LogP contribution >= 0.6 is 11.6 Å². The molecule has 0 saturated heterocycles. The molecule has 3 rings (SSSR count). The molecule has 11 heteroatoms. The van der Waals surface area contributed by atoms with Crippen molar-refractivity contribution in [2.75, 3.05) is 32.1 Å². The summed E-state index contributed by atoms with van der Waals surface area (Å²) in [5, 5.41) is 3.02. The standard InChI is InChI=1S/C27H30ClN3O6S/c1-19(27(33)29-2)30(17-20-8-7-9-21(28)16-20)26(32)18-31(24-10-5-6-11-25(24)37-4)38(34,35)23-14-12-22(36-3)13-15-23/h5-16,19H,17-18H2,1-4H3,(H,29,33). The SMILES string of the molecule is CNC(=O)C(C)N(Cc1cccc(Cl)c1)C(=O)CN(c1ccccc1OC)S(=O)(=O)c1ccc(OC)cc1. The molecule has 0 aliphatic carbocycles. The van der Waals surface area contributed by atoms with E-state index in [1.165, 1.54) is 50.4 Å². The van der Waals surface area contributed by atoms with Gasteiger partial charge in [0, 0.05) is 18.6 Å². The molecule has 0 aliphatic heterocycles. The Balaban J connectivity index is 2.07. The highest BCUT2D eigenvalue weighted by molar-refractivity contribution is 7.92. The smallest absolute Gasteiger partial charge is 0.264 e. The van der Waals surface area contributed by atoms with Crippen LogP contribution in [0.2, 0.25) is 5.02 Å². The van der Waals surface area contributed by atoms with Gasteiger partial charge >= 0.3 is 0 Å². The largest absolute Gasteiger partial charge is 0.497 e. The Bertz CT molecular complexity index is 1380. The lowest BCUT2D eigenvalue weighted by Crippen LogP contribution is -2.50. The van der Waals surface area contributed by atoms with E-state index in [0.29, 0.717) is 16.3 Å². The van der Waals surface area contributed by atoms with Crippen molar-refractivity contribution in [3.8, 4) is 11.5 Å². The molecule has 0 spiro atoms. The van der Waals surface area contributed by atoms with Crippen LogP contribution in [0.1, 0.15) is 12.5 Å². The molecule has 1 unspecified atom stereocenters. The molecule has 2 amide bonds. The van der Waals surface area contributed by atoms with Gasteiger partial charge in [0.2, 0.25) is 11.8 Å². The van der Waals surface area contributed by atoms with Gasteiger partial charge in [-0.25, -0.2) is 8.42 Å². The highest BCUT2D eigenvalue weighted by Crippen LogP contribution is 2.33. The Morgan fingerprint density at radius 1 is 0.974 bits per heavy atom. The molecular formula is C27H30ClN3O6S. The molecule has 1 N–H and O–H groups in total. The predicted octanol–water partition coefficient (Wildman–Crippen LogP) is 3.72. The fraction of sp³-hybridized carbons (Fsp3) is 0.259. The minimum Gasteiger partial charge on any atom is -0.497 e. The van der Waals surface area contributed by atoms with Gasteiger partial charge in [-0.3, -0.25) is 13.9 Å². The number of benzene rings is 3. The average Bonchev–Trinajstić information content (AvgIpc) is 2.93. The molecule has 0 heterocycles. The Kier molecular flexibility index (Phi) is 9.60. The fourth-order valence-corrected chi connectivity index (χ4v) is 5.49. The first-order valence-corrected chi connectivity index (χ1v) is 13.5. The van der Waals surface area contributed by atoms with E-state index < -0.39 is 34.4 Å². The fourth-order valence-electron chi connectivity index (χ4n) is 3.85. The first-order chi connectivity index (χ1) is 18.1. The number of halogens is 1. The first-order valence-electron chi connectivity index (χ1n) is 11.7. The van der Waals surface area contributed by atoms with Crippen molar-refractivity contribution in [1.82, 2.24) is 10.2 Å². The monoisotopic (exact) mass is 559 g/mol. The van der Waals surface area contributed by atoms with Crippen LogP contribution < -0.4 is 19.1 Å². The Hall–Kier alpha value is -3.76. The van der Waals surface area contributed by atoms with Gasteiger partial charge in [-0.05, 0) is 61.0 Å². The van der Waals surface area contributed by atoms with E-state index in [1.54, 1.807) is 55.5 Å². The summed E-state index contributed by atoms with van der Waals surface area (Å²) < 4.78 is 39.3. The van der Waals surface area contributed by atoms with Crippen LogP contribution in [0.4, 0.5) is 5.69 Å². The summed E-state index contributed by atoms with van der Waals surface area (Å²) in [6, 6.07) is 18.3. The van der Waals surface area contributed by atoms with Crippen molar-refractivity contribution >= 4 is 39.1 Å². The average molecular weight is 560 g/mol. The van der Waals surface area contributed by atoms with E-state index in [1.807, 2.05) is 0 Å². The number of methoxy groups -OCH3 is 2. The summed E-state index contributed by atoms with van der Waals surface area (Å²) in [6.45, 7) is 1.03. The van der Waals surface area contributed by atoms with E-state index in [0.717, 1.165) is 4.31 Å². The number of amides is 2. The van der Waals surface area contributed by atoms with E-state index in [2.05, 4.69) is 5.32 Å². The van der Waals surface area contributed by atoms with Crippen LogP contribution in [-0.2, 0) is 26.2 Å². The van der Waals surface area contributed by atoms with E-state index >= 15 is 0 Å². The summed E-state index contributed by atoms with van der Waals surface area (Å²) in [4.78, 5) is 27.6. The van der Waals surface area contributed by atoms with Crippen LogP contribution in [0.3, 0.4) is 0 Å². The molecule has 0 bridgehead atoms. The first kappa shape index (κ1) is 28.8. The summed E-state index contributed by atoms with van der Waals surface area (Å²) >= 11 is 6.13. The van der Waals surface area contributed by atoms with Gasteiger partial charge < -0.3 is 19.7 Å². The zero-order valence-electron chi connectivity index (χ0n) is 21.5. The number of ether oxygens (including phenoxy) is 2. The lowest BCUT2D eigenvalue weighted by molar-refractivity contribution is -0.139. The van der Waals surface area contributed by atoms with Gasteiger partial charge in [0.15, 0.2) is 0 Å². The quantitative estimate of drug-likeness (QED) is 0.384. The molecule has 0 aromatic heterocycles. The number of nitrogens with one attached hydrogen (secondary N) is 1. The second-order valence-electron chi connectivity index (χ2n) is 8.30. The van der Waals surface area contributed by atoms with Crippen molar-refractivity contribution in [3.05, 3.63) is 83.4 Å². The molecule has 9 nitrogen and oxygen atoms in total. The lowest BCUT2D eigenvalue weighted by atomic mass is 10.1. The molecule has 202 valence electrons. The number of anilines is 1. The summed E-state index contributed by atoms with van der Waals surface area (Å²) in [5.74, 6) is -0.250. The Labute approximate surface area is 228 Å². The van der Waals surface area contributed by atoms with Gasteiger partial charge in [0.1, 0.15) is 24.1 Å². The third-order valence-electron chi connectivity index (χ3n) is 5.94. The maximum absolute atomic E-state index is 13.9. The minimum atomic E-state index is -4.24. The van der Waals surface area contributed by atoms with Crippen molar-refractivity contribution in [2.24, 2.45) is 0 Å². The lowest BCUT2D eigenvalue weighted by Gasteiger charge is -2.32. The molecule has 0 aliphatic rings. The van der Waals surface area contributed by atoms with Crippen LogP contribution in [0.5, 0.6) is 11.5 Å². The van der Waals surface area contributed by atoms with Crippen molar-refractivity contribution < 1.29 is 27.5 Å². The molecular weight excluding hydrogens is 530 g/mol. The number of rotatable bonds is 11. The Morgan fingerprint density at radius 3 is 2.26 bits per heavy atom. The number of carbonyl (C=O) groups is 2.